The number of benzene rings is 1. The molecular formula is C13H20O3. The lowest BCUT2D eigenvalue weighted by Gasteiger charge is -2.25. The van der Waals surface area contributed by atoms with Gasteiger partial charge in [0, 0.05) is 5.92 Å². The zero-order chi connectivity index (χ0) is 12.0. The summed E-state index contributed by atoms with van der Waals surface area (Å²) in [5.74, 6) is -0.512. The minimum absolute atomic E-state index is 0.211. The van der Waals surface area contributed by atoms with Crippen molar-refractivity contribution in [3.05, 3.63) is 35.9 Å². The molecule has 0 fully saturated rings. The Morgan fingerprint density at radius 3 is 2.25 bits per heavy atom. The number of aliphatic hydroxyl groups is 3. The second-order valence-electron chi connectivity index (χ2n) is 4.06. The highest BCUT2D eigenvalue weighted by Crippen LogP contribution is 2.26. The van der Waals surface area contributed by atoms with E-state index in [0.29, 0.717) is 6.42 Å². The van der Waals surface area contributed by atoms with Crippen LogP contribution in [-0.4, -0.2) is 28.0 Å². The van der Waals surface area contributed by atoms with Crippen molar-refractivity contribution in [2.45, 2.75) is 32.0 Å². The van der Waals surface area contributed by atoms with Gasteiger partial charge < -0.3 is 15.3 Å². The normalized spacial score (nSPS) is 16.8. The molecule has 3 N–H and O–H groups in total. The minimum atomic E-state index is -0.812. The largest absolute Gasteiger partial charge is 0.396 e. The van der Waals surface area contributed by atoms with E-state index in [1.807, 2.05) is 25.1 Å². The molecule has 0 unspecified atom stereocenters. The van der Waals surface area contributed by atoms with E-state index in [1.165, 1.54) is 0 Å². The fraction of sp³-hybridized carbons (Fsp3) is 0.538. The Morgan fingerprint density at radius 1 is 1.12 bits per heavy atom. The fourth-order valence-electron chi connectivity index (χ4n) is 1.84. The van der Waals surface area contributed by atoms with Crippen molar-refractivity contribution in [1.29, 1.82) is 0 Å². The first-order valence-corrected chi connectivity index (χ1v) is 5.72. The minimum Gasteiger partial charge on any atom is -0.396 e. The maximum absolute atomic E-state index is 10.1. The molecule has 0 aliphatic heterocycles. The Kier molecular flexibility index (Phi) is 5.46. The first-order valence-electron chi connectivity index (χ1n) is 5.72. The zero-order valence-electron chi connectivity index (χ0n) is 9.58. The van der Waals surface area contributed by atoms with Gasteiger partial charge in [-0.2, -0.15) is 0 Å². The monoisotopic (exact) mass is 224 g/mol. The number of aliphatic hydroxyl groups excluding tert-OH is 3. The number of hydrogen-bond acceptors (Lipinski definition) is 3. The van der Waals surface area contributed by atoms with Gasteiger partial charge in [0.2, 0.25) is 0 Å². The Morgan fingerprint density at radius 2 is 1.75 bits per heavy atom. The van der Waals surface area contributed by atoms with Crippen LogP contribution in [0.25, 0.3) is 0 Å². The molecule has 0 saturated carbocycles. The summed E-state index contributed by atoms with van der Waals surface area (Å²) in [7, 11) is 0. The zero-order valence-corrected chi connectivity index (χ0v) is 9.58. The van der Waals surface area contributed by atoms with Gasteiger partial charge in [-0.1, -0.05) is 43.7 Å². The third kappa shape index (κ3) is 3.30. The third-order valence-electron chi connectivity index (χ3n) is 2.84. The molecule has 0 radical (unpaired) electrons. The quantitative estimate of drug-likeness (QED) is 0.686. The summed E-state index contributed by atoms with van der Waals surface area (Å²) in [4.78, 5) is 0. The Hall–Kier alpha value is -0.900. The van der Waals surface area contributed by atoms with Gasteiger partial charge in [0.05, 0.1) is 18.8 Å². The molecule has 0 spiro atoms. The molecule has 0 aliphatic rings. The molecule has 3 nitrogen and oxygen atoms in total. The lowest BCUT2D eigenvalue weighted by Crippen LogP contribution is -2.29. The molecule has 16 heavy (non-hydrogen) atoms. The van der Waals surface area contributed by atoms with E-state index in [2.05, 4.69) is 0 Å². The molecule has 0 saturated heterocycles. The van der Waals surface area contributed by atoms with E-state index >= 15 is 0 Å². The summed E-state index contributed by atoms with van der Waals surface area (Å²) in [6, 6.07) is 9.13. The topological polar surface area (TPSA) is 60.7 Å². The van der Waals surface area contributed by atoms with E-state index in [9.17, 15) is 15.3 Å². The van der Waals surface area contributed by atoms with Crippen LogP contribution in [0.5, 0.6) is 0 Å². The van der Waals surface area contributed by atoms with Crippen molar-refractivity contribution in [1.82, 2.24) is 0 Å². The van der Waals surface area contributed by atoms with Crippen LogP contribution >= 0.6 is 0 Å². The van der Waals surface area contributed by atoms with Crippen molar-refractivity contribution >= 4 is 0 Å². The van der Waals surface area contributed by atoms with Gasteiger partial charge in [-0.25, -0.2) is 0 Å². The smallest absolute Gasteiger partial charge is 0.0864 e. The summed E-state index contributed by atoms with van der Waals surface area (Å²) in [5.41, 5.74) is 0.733. The maximum atomic E-state index is 10.1. The van der Waals surface area contributed by atoms with Gasteiger partial charge in [0.25, 0.3) is 0 Å². The highest BCUT2D eigenvalue weighted by Gasteiger charge is 2.26. The SMILES string of the molecule is CCC[C@H](O)[C@H](CO)[C@@H](O)c1ccccc1. The van der Waals surface area contributed by atoms with Crippen LogP contribution in [0.15, 0.2) is 30.3 Å². The standard InChI is InChI=1S/C13H20O3/c1-2-6-12(15)11(9-14)13(16)10-7-4-3-5-8-10/h3-5,7-8,11-16H,2,6,9H2,1H3/t11-,12-,13-/m0/s1. The average molecular weight is 224 g/mol. The number of hydrogen-bond donors (Lipinski definition) is 3. The van der Waals surface area contributed by atoms with E-state index in [1.54, 1.807) is 12.1 Å². The lowest BCUT2D eigenvalue weighted by atomic mass is 9.89. The van der Waals surface area contributed by atoms with Crippen LogP contribution in [0.4, 0.5) is 0 Å². The van der Waals surface area contributed by atoms with E-state index in [4.69, 9.17) is 0 Å². The molecule has 0 aliphatic carbocycles. The third-order valence-corrected chi connectivity index (χ3v) is 2.84. The summed E-state index contributed by atoms with van der Waals surface area (Å²) < 4.78 is 0. The van der Waals surface area contributed by atoms with Gasteiger partial charge in [-0.05, 0) is 12.0 Å². The van der Waals surface area contributed by atoms with Crippen molar-refractivity contribution < 1.29 is 15.3 Å². The van der Waals surface area contributed by atoms with Crippen LogP contribution in [0.2, 0.25) is 0 Å². The van der Waals surface area contributed by atoms with Crippen molar-refractivity contribution in [2.75, 3.05) is 6.61 Å². The molecule has 0 heterocycles. The molecule has 1 aromatic carbocycles. The predicted octanol–water partition coefficient (Wildman–Crippen LogP) is 1.49. The van der Waals surface area contributed by atoms with E-state index < -0.39 is 18.1 Å². The van der Waals surface area contributed by atoms with Gasteiger partial charge in [0.15, 0.2) is 0 Å². The van der Waals surface area contributed by atoms with Crippen LogP contribution < -0.4 is 0 Å². The van der Waals surface area contributed by atoms with Gasteiger partial charge >= 0.3 is 0 Å². The van der Waals surface area contributed by atoms with Crippen LogP contribution in [0.1, 0.15) is 31.4 Å². The van der Waals surface area contributed by atoms with Crippen LogP contribution in [-0.2, 0) is 0 Å². The Labute approximate surface area is 96.4 Å². The molecule has 1 rings (SSSR count). The molecule has 3 atom stereocenters. The first-order chi connectivity index (χ1) is 7.70. The van der Waals surface area contributed by atoms with Gasteiger partial charge in [-0.15, -0.1) is 0 Å². The fourth-order valence-corrected chi connectivity index (χ4v) is 1.84. The molecule has 1 aromatic rings. The average Bonchev–Trinajstić information content (AvgIpc) is 2.31. The van der Waals surface area contributed by atoms with E-state index in [0.717, 1.165) is 12.0 Å². The molecule has 0 amide bonds. The molecule has 90 valence electrons. The van der Waals surface area contributed by atoms with Crippen LogP contribution in [0, 0.1) is 5.92 Å². The molecule has 0 bridgehead atoms. The highest BCUT2D eigenvalue weighted by atomic mass is 16.3. The summed E-state index contributed by atoms with van der Waals surface area (Å²) in [5, 5.41) is 29.1. The summed E-state index contributed by atoms with van der Waals surface area (Å²) in [6.07, 6.45) is -0.0492. The predicted molar refractivity (Wildman–Crippen MR) is 62.9 cm³/mol. The first kappa shape index (κ1) is 13.2. The Bertz CT molecular complexity index is 286. The van der Waals surface area contributed by atoms with Gasteiger partial charge in [0.1, 0.15) is 0 Å². The van der Waals surface area contributed by atoms with Crippen molar-refractivity contribution in [3.8, 4) is 0 Å². The molecule has 3 heteroatoms. The molecular weight excluding hydrogens is 204 g/mol. The van der Waals surface area contributed by atoms with E-state index in [-0.39, 0.29) is 6.61 Å². The number of rotatable bonds is 6. The summed E-state index contributed by atoms with van der Waals surface area (Å²) >= 11 is 0. The second-order valence-corrected chi connectivity index (χ2v) is 4.06. The lowest BCUT2D eigenvalue weighted by molar-refractivity contribution is -0.0213. The van der Waals surface area contributed by atoms with Crippen LogP contribution in [0.3, 0.4) is 0 Å². The maximum Gasteiger partial charge on any atom is 0.0864 e. The van der Waals surface area contributed by atoms with Crippen molar-refractivity contribution in [2.24, 2.45) is 5.92 Å². The van der Waals surface area contributed by atoms with Gasteiger partial charge in [-0.3, -0.25) is 0 Å². The van der Waals surface area contributed by atoms with Crippen molar-refractivity contribution in [3.63, 3.8) is 0 Å². The highest BCUT2D eigenvalue weighted by molar-refractivity contribution is 5.18. The second kappa shape index (κ2) is 6.63. The Balaban J connectivity index is 2.73. The summed E-state index contributed by atoms with van der Waals surface area (Å²) in [6.45, 7) is 1.75. The molecule has 0 aromatic heterocycles.